The molecule has 0 aliphatic carbocycles. The van der Waals surface area contributed by atoms with Crippen LogP contribution in [0.3, 0.4) is 0 Å². The highest BCUT2D eigenvalue weighted by Crippen LogP contribution is 2.19. The first kappa shape index (κ1) is 21.8. The Kier molecular flexibility index (Phi) is 12.2. The minimum atomic E-state index is -0.150. The fourth-order valence-corrected chi connectivity index (χ4v) is 3.48. The van der Waals surface area contributed by atoms with E-state index in [4.69, 9.17) is 0 Å². The molecule has 0 aliphatic rings. The minimum absolute atomic E-state index is 0.131. The topological polar surface area (TPSA) is 53.1 Å². The van der Waals surface area contributed by atoms with Gasteiger partial charge in [0.05, 0.1) is 5.56 Å². The van der Waals surface area contributed by atoms with Crippen LogP contribution in [-0.2, 0) is 6.42 Å². The van der Waals surface area contributed by atoms with Crippen molar-refractivity contribution >= 4 is 0 Å². The summed E-state index contributed by atoms with van der Waals surface area (Å²) in [5, 5.41) is 9.73. The Morgan fingerprint density at radius 3 is 2.08 bits per heavy atom. The van der Waals surface area contributed by atoms with Gasteiger partial charge in [0.1, 0.15) is 5.75 Å². The van der Waals surface area contributed by atoms with Crippen LogP contribution in [0.5, 0.6) is 5.75 Å². The summed E-state index contributed by atoms with van der Waals surface area (Å²) >= 11 is 0. The van der Waals surface area contributed by atoms with E-state index in [1.807, 2.05) is 0 Å². The van der Waals surface area contributed by atoms with E-state index >= 15 is 0 Å². The van der Waals surface area contributed by atoms with Crippen LogP contribution in [0.4, 0.5) is 0 Å². The summed E-state index contributed by atoms with van der Waals surface area (Å²) in [5.41, 5.74) is 0.386. The van der Waals surface area contributed by atoms with Crippen LogP contribution in [0.15, 0.2) is 17.1 Å². The number of aromatic hydroxyl groups is 1. The number of unbranched alkanes of at least 4 members (excludes halogenated alkanes) is 9. The summed E-state index contributed by atoms with van der Waals surface area (Å²) in [6.07, 6.45) is 19.4. The highest BCUT2D eigenvalue weighted by molar-refractivity contribution is 5.28. The highest BCUT2D eigenvalue weighted by atomic mass is 16.3. The van der Waals surface area contributed by atoms with Gasteiger partial charge in [-0.1, -0.05) is 90.9 Å². The standard InChI is InChI=1S/C22H39NO2/c1-3-4-5-6-7-8-9-10-11-14-19(2)15-12-13-16-20-21(24)17-18-23-22(20)25/h17-19H,3-16H2,1-2H3,(H2,23,24,25). The Labute approximate surface area is 154 Å². The maximum atomic E-state index is 11.7. The average molecular weight is 350 g/mol. The van der Waals surface area contributed by atoms with Crippen molar-refractivity contribution in [3.63, 3.8) is 0 Å². The monoisotopic (exact) mass is 349 g/mol. The normalized spacial score (nSPS) is 12.4. The van der Waals surface area contributed by atoms with Gasteiger partial charge < -0.3 is 10.1 Å². The summed E-state index contributed by atoms with van der Waals surface area (Å²) in [6.45, 7) is 4.62. The number of H-pyrrole nitrogens is 1. The molecule has 0 spiro atoms. The Morgan fingerprint density at radius 2 is 1.48 bits per heavy atom. The molecule has 3 nitrogen and oxygen atoms in total. The number of pyridine rings is 1. The van der Waals surface area contributed by atoms with E-state index < -0.39 is 0 Å². The molecule has 25 heavy (non-hydrogen) atoms. The van der Waals surface area contributed by atoms with E-state index in [0.717, 1.165) is 18.8 Å². The number of aromatic nitrogens is 1. The molecular weight excluding hydrogens is 310 g/mol. The molecule has 1 unspecified atom stereocenters. The lowest BCUT2D eigenvalue weighted by molar-refractivity contribution is 0.433. The molecule has 1 aromatic rings. The number of nitrogens with one attached hydrogen (secondary N) is 1. The largest absolute Gasteiger partial charge is 0.507 e. The van der Waals surface area contributed by atoms with E-state index in [2.05, 4.69) is 18.8 Å². The Balaban J connectivity index is 1.97. The van der Waals surface area contributed by atoms with Gasteiger partial charge in [0, 0.05) is 6.20 Å². The van der Waals surface area contributed by atoms with E-state index in [-0.39, 0.29) is 11.3 Å². The van der Waals surface area contributed by atoms with Crippen molar-refractivity contribution in [2.45, 2.75) is 104 Å². The quantitative estimate of drug-likeness (QED) is 0.362. The summed E-state index contributed by atoms with van der Waals surface area (Å²) in [4.78, 5) is 14.3. The van der Waals surface area contributed by atoms with Crippen LogP contribution in [0.1, 0.15) is 103 Å². The van der Waals surface area contributed by atoms with E-state index in [9.17, 15) is 9.90 Å². The maximum absolute atomic E-state index is 11.7. The molecule has 1 heterocycles. The predicted octanol–water partition coefficient (Wildman–Crippen LogP) is 6.35. The average Bonchev–Trinajstić information content (AvgIpc) is 2.59. The first-order valence-electron chi connectivity index (χ1n) is 10.5. The summed E-state index contributed by atoms with van der Waals surface area (Å²) in [7, 11) is 0. The Bertz CT molecular complexity index is 495. The highest BCUT2D eigenvalue weighted by Gasteiger charge is 2.07. The van der Waals surface area contributed by atoms with Gasteiger partial charge in [-0.25, -0.2) is 0 Å². The molecule has 0 aromatic carbocycles. The van der Waals surface area contributed by atoms with Crippen molar-refractivity contribution in [3.05, 3.63) is 28.2 Å². The van der Waals surface area contributed by atoms with Crippen molar-refractivity contribution in [2.24, 2.45) is 5.92 Å². The van der Waals surface area contributed by atoms with Crippen LogP contribution < -0.4 is 5.56 Å². The zero-order valence-corrected chi connectivity index (χ0v) is 16.5. The van der Waals surface area contributed by atoms with Crippen molar-refractivity contribution in [1.82, 2.24) is 4.98 Å². The summed E-state index contributed by atoms with van der Waals surface area (Å²) in [6, 6.07) is 1.56. The van der Waals surface area contributed by atoms with Gasteiger partial charge in [0.2, 0.25) is 0 Å². The van der Waals surface area contributed by atoms with Crippen LogP contribution >= 0.6 is 0 Å². The van der Waals surface area contributed by atoms with Crippen LogP contribution in [-0.4, -0.2) is 10.1 Å². The fraction of sp³-hybridized carbons (Fsp3) is 0.773. The summed E-state index contributed by atoms with van der Waals surface area (Å²) < 4.78 is 0. The molecule has 0 radical (unpaired) electrons. The molecule has 0 fully saturated rings. The molecular formula is C22H39NO2. The van der Waals surface area contributed by atoms with Crippen LogP contribution in [0.25, 0.3) is 0 Å². The second kappa shape index (κ2) is 14.0. The van der Waals surface area contributed by atoms with Crippen LogP contribution in [0.2, 0.25) is 0 Å². The van der Waals surface area contributed by atoms with Gasteiger partial charge in [-0.2, -0.15) is 0 Å². The first-order valence-corrected chi connectivity index (χ1v) is 10.5. The number of hydrogen-bond acceptors (Lipinski definition) is 2. The fourth-order valence-electron chi connectivity index (χ4n) is 3.48. The molecule has 0 amide bonds. The molecule has 1 atom stereocenters. The van der Waals surface area contributed by atoms with Crippen molar-refractivity contribution in [2.75, 3.05) is 0 Å². The van der Waals surface area contributed by atoms with Crippen molar-refractivity contribution in [3.8, 4) is 5.75 Å². The van der Waals surface area contributed by atoms with Crippen molar-refractivity contribution in [1.29, 1.82) is 0 Å². The lowest BCUT2D eigenvalue weighted by Crippen LogP contribution is -2.11. The molecule has 3 heteroatoms. The van der Waals surface area contributed by atoms with Crippen LogP contribution in [0, 0.1) is 5.92 Å². The summed E-state index contributed by atoms with van der Waals surface area (Å²) in [5.74, 6) is 0.902. The van der Waals surface area contributed by atoms with Crippen molar-refractivity contribution < 1.29 is 5.11 Å². The van der Waals surface area contributed by atoms with Gasteiger partial charge in [0.15, 0.2) is 0 Å². The minimum Gasteiger partial charge on any atom is -0.507 e. The SMILES string of the molecule is CCCCCCCCCCCC(C)CCCCc1c(O)cc[nH]c1=O. The molecule has 0 aliphatic heterocycles. The van der Waals surface area contributed by atoms with Gasteiger partial charge >= 0.3 is 0 Å². The second-order valence-electron chi connectivity index (χ2n) is 7.64. The zero-order valence-electron chi connectivity index (χ0n) is 16.5. The third kappa shape index (κ3) is 10.4. The maximum Gasteiger partial charge on any atom is 0.254 e. The predicted molar refractivity (Wildman–Crippen MR) is 107 cm³/mol. The lowest BCUT2D eigenvalue weighted by atomic mass is 9.95. The molecule has 144 valence electrons. The molecule has 0 saturated heterocycles. The first-order chi connectivity index (χ1) is 12.1. The molecule has 2 N–H and O–H groups in total. The van der Waals surface area contributed by atoms with E-state index in [1.165, 1.54) is 76.8 Å². The number of aromatic amines is 1. The number of rotatable bonds is 15. The smallest absolute Gasteiger partial charge is 0.254 e. The molecule has 0 bridgehead atoms. The third-order valence-corrected chi connectivity index (χ3v) is 5.21. The third-order valence-electron chi connectivity index (χ3n) is 5.21. The van der Waals surface area contributed by atoms with E-state index in [0.29, 0.717) is 12.0 Å². The molecule has 1 aromatic heterocycles. The molecule has 1 rings (SSSR count). The van der Waals surface area contributed by atoms with Gasteiger partial charge in [-0.05, 0) is 24.8 Å². The van der Waals surface area contributed by atoms with Gasteiger partial charge in [0.25, 0.3) is 5.56 Å². The molecule has 0 saturated carbocycles. The lowest BCUT2D eigenvalue weighted by Gasteiger charge is -2.11. The number of hydrogen-bond donors (Lipinski definition) is 2. The van der Waals surface area contributed by atoms with Gasteiger partial charge in [-0.15, -0.1) is 0 Å². The van der Waals surface area contributed by atoms with Gasteiger partial charge in [-0.3, -0.25) is 4.79 Å². The zero-order chi connectivity index (χ0) is 18.3. The Hall–Kier alpha value is -1.25. The second-order valence-corrected chi connectivity index (χ2v) is 7.64. The Morgan fingerprint density at radius 1 is 0.920 bits per heavy atom. The van der Waals surface area contributed by atoms with E-state index in [1.54, 1.807) is 6.07 Å².